The molecule has 1 saturated heterocycles. The molecule has 0 spiro atoms. The topological polar surface area (TPSA) is 93.9 Å². The minimum absolute atomic E-state index is 0.00539. The fourth-order valence-corrected chi connectivity index (χ4v) is 3.96. The van der Waals surface area contributed by atoms with Crippen LogP contribution in [0.1, 0.15) is 55.7 Å². The van der Waals surface area contributed by atoms with E-state index in [1.54, 1.807) is 15.6 Å². The molecule has 0 aliphatic carbocycles. The number of benzene rings is 2. The number of aromatic carboxylic acids is 1. The van der Waals surface area contributed by atoms with E-state index in [4.69, 9.17) is 9.47 Å². The molecule has 1 aliphatic heterocycles. The van der Waals surface area contributed by atoms with E-state index in [2.05, 4.69) is 5.10 Å². The molecule has 0 atom stereocenters. The number of para-hydroxylation sites is 1. The van der Waals surface area contributed by atoms with Crippen molar-refractivity contribution in [1.82, 2.24) is 14.7 Å². The van der Waals surface area contributed by atoms with Crippen LogP contribution in [0.2, 0.25) is 0 Å². The predicted molar refractivity (Wildman–Crippen MR) is 127 cm³/mol. The summed E-state index contributed by atoms with van der Waals surface area (Å²) in [4.78, 5) is 25.7. The average Bonchev–Trinajstić information content (AvgIpc) is 3.25. The Morgan fingerprint density at radius 1 is 0.971 bits per heavy atom. The van der Waals surface area contributed by atoms with Crippen LogP contribution in [0.4, 0.5) is 4.79 Å². The van der Waals surface area contributed by atoms with Crippen molar-refractivity contribution in [2.24, 2.45) is 0 Å². The lowest BCUT2D eigenvalue weighted by Crippen LogP contribution is -2.41. The van der Waals surface area contributed by atoms with Gasteiger partial charge in [-0.2, -0.15) is 5.10 Å². The molecule has 1 aliphatic rings. The number of rotatable bonds is 5. The lowest BCUT2D eigenvalue weighted by Gasteiger charge is -2.33. The second-order valence-corrected chi connectivity index (χ2v) is 9.32. The second-order valence-electron chi connectivity index (χ2n) is 9.32. The molecule has 4 rings (SSSR count). The molecule has 178 valence electrons. The van der Waals surface area contributed by atoms with E-state index in [1.807, 2.05) is 75.4 Å². The first-order valence-electron chi connectivity index (χ1n) is 11.3. The summed E-state index contributed by atoms with van der Waals surface area (Å²) in [6, 6.07) is 18.5. The second kappa shape index (κ2) is 9.59. The first-order valence-corrected chi connectivity index (χ1v) is 11.3. The maximum atomic E-state index is 12.4. The molecular weight excluding hydrogens is 434 g/mol. The van der Waals surface area contributed by atoms with Gasteiger partial charge in [0, 0.05) is 24.7 Å². The lowest BCUT2D eigenvalue weighted by molar-refractivity contribution is 0.0203. The zero-order valence-corrected chi connectivity index (χ0v) is 19.6. The maximum absolute atomic E-state index is 12.4. The maximum Gasteiger partial charge on any atom is 0.410 e. The van der Waals surface area contributed by atoms with Crippen molar-refractivity contribution in [3.05, 3.63) is 72.1 Å². The number of likely N-dealkylation sites (tertiary alicyclic amines) is 1. The molecule has 0 radical (unpaired) electrons. The summed E-state index contributed by atoms with van der Waals surface area (Å²) in [5.41, 5.74) is 1.02. The van der Waals surface area contributed by atoms with E-state index >= 15 is 0 Å². The van der Waals surface area contributed by atoms with Crippen LogP contribution >= 0.6 is 0 Å². The van der Waals surface area contributed by atoms with Crippen LogP contribution in [0.5, 0.6) is 11.5 Å². The van der Waals surface area contributed by atoms with Crippen LogP contribution in [0.25, 0.3) is 5.69 Å². The highest BCUT2D eigenvalue weighted by Gasteiger charge is 2.30. The third kappa shape index (κ3) is 5.57. The SMILES string of the molecule is CC(C)(C)OC(=O)N1CCC(c2cc(C(=O)O)nn2-c2ccc(Oc3ccccc3)cc2)CC1. The largest absolute Gasteiger partial charge is 0.476 e. The van der Waals surface area contributed by atoms with E-state index in [9.17, 15) is 14.7 Å². The number of carboxylic acids is 1. The predicted octanol–water partition coefficient (Wildman–Crippen LogP) is 5.48. The molecule has 0 bridgehead atoms. The average molecular weight is 464 g/mol. The van der Waals surface area contributed by atoms with Gasteiger partial charge in [-0.25, -0.2) is 14.3 Å². The van der Waals surface area contributed by atoms with Gasteiger partial charge in [-0.15, -0.1) is 0 Å². The number of aromatic nitrogens is 2. The quantitative estimate of drug-likeness (QED) is 0.539. The number of hydrogen-bond donors (Lipinski definition) is 1. The van der Waals surface area contributed by atoms with Gasteiger partial charge in [-0.05, 0) is 76.1 Å². The minimum atomic E-state index is -1.07. The summed E-state index contributed by atoms with van der Waals surface area (Å²) >= 11 is 0. The van der Waals surface area contributed by atoms with E-state index in [0.717, 1.165) is 17.1 Å². The van der Waals surface area contributed by atoms with Crippen LogP contribution in [-0.2, 0) is 4.74 Å². The number of carbonyl (C=O) groups is 2. The molecule has 0 unspecified atom stereocenters. The number of carboxylic acid groups (broad SMARTS) is 1. The molecule has 8 nitrogen and oxygen atoms in total. The molecule has 1 amide bonds. The first kappa shape index (κ1) is 23.4. The number of carbonyl (C=O) groups excluding carboxylic acids is 1. The zero-order valence-electron chi connectivity index (χ0n) is 19.6. The van der Waals surface area contributed by atoms with Gasteiger partial charge in [-0.1, -0.05) is 18.2 Å². The summed E-state index contributed by atoms with van der Waals surface area (Å²) in [5.74, 6) is 0.405. The minimum Gasteiger partial charge on any atom is -0.476 e. The molecule has 1 N–H and O–H groups in total. The highest BCUT2D eigenvalue weighted by atomic mass is 16.6. The Bertz CT molecular complexity index is 1140. The number of hydrogen-bond acceptors (Lipinski definition) is 5. The van der Waals surface area contributed by atoms with Crippen LogP contribution in [0, 0.1) is 0 Å². The Kier molecular flexibility index (Phi) is 6.58. The van der Waals surface area contributed by atoms with Gasteiger partial charge < -0.3 is 19.5 Å². The van der Waals surface area contributed by atoms with Crippen molar-refractivity contribution < 1.29 is 24.2 Å². The first-order chi connectivity index (χ1) is 16.2. The van der Waals surface area contributed by atoms with Crippen molar-refractivity contribution in [3.63, 3.8) is 0 Å². The van der Waals surface area contributed by atoms with Crippen molar-refractivity contribution >= 4 is 12.1 Å². The zero-order chi connectivity index (χ0) is 24.3. The Labute approximate surface area is 198 Å². The van der Waals surface area contributed by atoms with Gasteiger partial charge in [-0.3, -0.25) is 0 Å². The van der Waals surface area contributed by atoms with Crippen LogP contribution in [0.15, 0.2) is 60.7 Å². The van der Waals surface area contributed by atoms with Crippen molar-refractivity contribution in [1.29, 1.82) is 0 Å². The highest BCUT2D eigenvalue weighted by Crippen LogP contribution is 2.32. The fourth-order valence-electron chi connectivity index (χ4n) is 3.96. The smallest absolute Gasteiger partial charge is 0.410 e. The van der Waals surface area contributed by atoms with Crippen LogP contribution < -0.4 is 4.74 Å². The Hall–Kier alpha value is -3.81. The van der Waals surface area contributed by atoms with E-state index in [-0.39, 0.29) is 17.7 Å². The van der Waals surface area contributed by atoms with Gasteiger partial charge in [0.15, 0.2) is 5.69 Å². The third-order valence-electron chi connectivity index (χ3n) is 5.58. The van der Waals surface area contributed by atoms with Gasteiger partial charge in [0.2, 0.25) is 0 Å². The third-order valence-corrected chi connectivity index (χ3v) is 5.58. The number of ether oxygens (including phenoxy) is 2. The molecule has 8 heteroatoms. The fraction of sp³-hybridized carbons (Fsp3) is 0.346. The van der Waals surface area contributed by atoms with Crippen molar-refractivity contribution in [2.45, 2.75) is 45.1 Å². The molecule has 2 heterocycles. The Morgan fingerprint density at radius 3 is 2.18 bits per heavy atom. The summed E-state index contributed by atoms with van der Waals surface area (Å²) in [6.07, 6.45) is 1.07. The summed E-state index contributed by atoms with van der Waals surface area (Å²) < 4.78 is 13.0. The normalized spacial score (nSPS) is 14.6. The molecule has 34 heavy (non-hydrogen) atoms. The molecule has 2 aromatic carbocycles. The molecule has 1 aromatic heterocycles. The molecule has 1 fully saturated rings. The summed E-state index contributed by atoms with van der Waals surface area (Å²) in [6.45, 7) is 6.62. The standard InChI is InChI=1S/C26H29N3O5/c1-26(2,3)34-25(32)28-15-13-18(14-16-28)23-17-22(24(30)31)27-29(23)19-9-11-21(12-10-19)33-20-7-5-4-6-8-20/h4-12,17-18H,13-16H2,1-3H3,(H,30,31). The van der Waals surface area contributed by atoms with Crippen LogP contribution in [-0.4, -0.2) is 50.5 Å². The number of amides is 1. The Morgan fingerprint density at radius 2 is 1.59 bits per heavy atom. The molecular formula is C26H29N3O5. The monoisotopic (exact) mass is 463 g/mol. The molecule has 3 aromatic rings. The van der Waals surface area contributed by atoms with Gasteiger partial charge in [0.05, 0.1) is 5.69 Å². The Balaban J connectivity index is 1.51. The van der Waals surface area contributed by atoms with Gasteiger partial charge >= 0.3 is 12.1 Å². The van der Waals surface area contributed by atoms with E-state index < -0.39 is 11.6 Å². The van der Waals surface area contributed by atoms with Crippen molar-refractivity contribution in [3.8, 4) is 17.2 Å². The van der Waals surface area contributed by atoms with E-state index in [1.165, 1.54) is 0 Å². The highest BCUT2D eigenvalue weighted by molar-refractivity contribution is 5.85. The lowest BCUT2D eigenvalue weighted by atomic mass is 9.93. The van der Waals surface area contributed by atoms with Crippen molar-refractivity contribution in [2.75, 3.05) is 13.1 Å². The summed E-state index contributed by atoms with van der Waals surface area (Å²) in [7, 11) is 0. The number of nitrogens with zero attached hydrogens (tertiary/aromatic N) is 3. The molecule has 0 saturated carbocycles. The number of piperidine rings is 1. The van der Waals surface area contributed by atoms with E-state index in [0.29, 0.717) is 31.7 Å². The summed E-state index contributed by atoms with van der Waals surface area (Å²) in [5, 5.41) is 13.9. The van der Waals surface area contributed by atoms with Gasteiger partial charge in [0.25, 0.3) is 0 Å². The van der Waals surface area contributed by atoms with Crippen LogP contribution in [0.3, 0.4) is 0 Å². The van der Waals surface area contributed by atoms with Gasteiger partial charge in [0.1, 0.15) is 17.1 Å².